The zero-order valence-corrected chi connectivity index (χ0v) is 14.6. The Bertz CT molecular complexity index is 487. The highest BCUT2D eigenvalue weighted by molar-refractivity contribution is 9.25. The van der Waals surface area contributed by atoms with Crippen molar-refractivity contribution in [2.45, 2.75) is 11.6 Å². The summed E-state index contributed by atoms with van der Waals surface area (Å²) in [7, 11) is 6.68. The van der Waals surface area contributed by atoms with Crippen molar-refractivity contribution in [2.75, 3.05) is 38.6 Å². The summed E-state index contributed by atoms with van der Waals surface area (Å²) in [5.74, 6) is 3.21. The molecule has 0 saturated carbocycles. The molecule has 0 radical (unpaired) electrons. The average molecular weight is 350 g/mol. The minimum absolute atomic E-state index is 0.179. The van der Waals surface area contributed by atoms with Gasteiger partial charge in [-0.05, 0) is 23.0 Å². The van der Waals surface area contributed by atoms with Gasteiger partial charge in [0, 0.05) is 5.75 Å². The van der Waals surface area contributed by atoms with Gasteiger partial charge in [0.1, 0.15) is 0 Å². The van der Waals surface area contributed by atoms with Crippen molar-refractivity contribution in [2.24, 2.45) is 0 Å². The molecule has 1 atom stereocenters. The summed E-state index contributed by atoms with van der Waals surface area (Å²) >= 11 is 0. The molecule has 21 heavy (non-hydrogen) atoms. The minimum Gasteiger partial charge on any atom is -0.481 e. The molecule has 2 rings (SSSR count). The van der Waals surface area contributed by atoms with E-state index in [-0.39, 0.29) is 5.97 Å². The fourth-order valence-corrected chi connectivity index (χ4v) is 11.0. The van der Waals surface area contributed by atoms with Crippen LogP contribution in [0.5, 0.6) is 11.8 Å². The standard InChI is InChI=1S/C12H18N2O4S3/c1-16-9-7-10(17-2)14-12(13-9)20-21(6-4-5-19-21)8-11(15)18-3/h7H,4-6,8H2,1-3H3. The van der Waals surface area contributed by atoms with E-state index in [4.69, 9.17) is 14.2 Å². The monoisotopic (exact) mass is 350 g/mol. The number of ether oxygens (including phenoxy) is 3. The van der Waals surface area contributed by atoms with Gasteiger partial charge in [-0.3, -0.25) is 4.79 Å². The van der Waals surface area contributed by atoms with E-state index < -0.39 is 8.09 Å². The second kappa shape index (κ2) is 7.46. The van der Waals surface area contributed by atoms with Gasteiger partial charge in [0.05, 0.1) is 33.1 Å². The smallest absolute Gasteiger partial charge is 0.315 e. The van der Waals surface area contributed by atoms with Gasteiger partial charge in [-0.2, -0.15) is 9.97 Å². The number of rotatable bonds is 6. The van der Waals surface area contributed by atoms with E-state index in [1.165, 1.54) is 7.11 Å². The quantitative estimate of drug-likeness (QED) is 0.440. The van der Waals surface area contributed by atoms with E-state index in [1.54, 1.807) is 31.1 Å². The van der Waals surface area contributed by atoms with E-state index >= 15 is 0 Å². The van der Waals surface area contributed by atoms with Gasteiger partial charge in [0.2, 0.25) is 16.9 Å². The molecule has 0 amide bonds. The number of esters is 1. The summed E-state index contributed by atoms with van der Waals surface area (Å²) in [4.78, 5) is 20.4. The van der Waals surface area contributed by atoms with Crippen LogP contribution in [0.2, 0.25) is 0 Å². The van der Waals surface area contributed by atoms with Crippen molar-refractivity contribution >= 4 is 35.6 Å². The lowest BCUT2D eigenvalue weighted by Gasteiger charge is -2.30. The lowest BCUT2D eigenvalue weighted by Crippen LogP contribution is -2.11. The maximum absolute atomic E-state index is 11.7. The fraction of sp³-hybridized carbons (Fsp3) is 0.583. The van der Waals surface area contributed by atoms with Crippen LogP contribution in [0.4, 0.5) is 0 Å². The summed E-state index contributed by atoms with van der Waals surface area (Å²) < 4.78 is 15.2. The molecule has 1 saturated heterocycles. The number of methoxy groups -OCH3 is 3. The van der Waals surface area contributed by atoms with Crippen LogP contribution >= 0.6 is 29.7 Å². The topological polar surface area (TPSA) is 70.5 Å². The first-order valence-corrected chi connectivity index (χ1v) is 11.1. The summed E-state index contributed by atoms with van der Waals surface area (Å²) in [6.07, 6.45) is 1.10. The molecular formula is C12H18N2O4S3. The van der Waals surface area contributed by atoms with Crippen LogP contribution in [0.1, 0.15) is 6.42 Å². The Morgan fingerprint density at radius 2 is 2.00 bits per heavy atom. The molecule has 118 valence electrons. The van der Waals surface area contributed by atoms with Crippen molar-refractivity contribution in [1.82, 2.24) is 9.97 Å². The zero-order chi connectivity index (χ0) is 15.3. The molecule has 0 aliphatic carbocycles. The summed E-state index contributed by atoms with van der Waals surface area (Å²) in [6, 6.07) is 1.63. The van der Waals surface area contributed by atoms with Gasteiger partial charge in [-0.15, -0.1) is 18.9 Å². The average Bonchev–Trinajstić information content (AvgIpc) is 2.94. The van der Waals surface area contributed by atoms with Gasteiger partial charge in [-0.25, -0.2) is 0 Å². The second-order valence-electron chi connectivity index (χ2n) is 4.16. The summed E-state index contributed by atoms with van der Waals surface area (Å²) in [5.41, 5.74) is 0. The van der Waals surface area contributed by atoms with Crippen LogP contribution in [-0.2, 0) is 9.53 Å². The van der Waals surface area contributed by atoms with Crippen LogP contribution in [-0.4, -0.2) is 54.5 Å². The van der Waals surface area contributed by atoms with E-state index in [1.807, 2.05) is 10.8 Å². The van der Waals surface area contributed by atoms with Gasteiger partial charge in [0.25, 0.3) is 0 Å². The molecule has 1 aromatic rings. The largest absolute Gasteiger partial charge is 0.481 e. The Morgan fingerprint density at radius 1 is 1.33 bits per heavy atom. The van der Waals surface area contributed by atoms with E-state index in [0.717, 1.165) is 17.9 Å². The molecule has 1 fully saturated rings. The lowest BCUT2D eigenvalue weighted by atomic mass is 10.6. The zero-order valence-electron chi connectivity index (χ0n) is 12.2. The predicted molar refractivity (Wildman–Crippen MR) is 87.4 cm³/mol. The Morgan fingerprint density at radius 3 is 2.48 bits per heavy atom. The number of hydrogen-bond acceptors (Lipinski definition) is 8. The van der Waals surface area contributed by atoms with Gasteiger partial charge < -0.3 is 14.2 Å². The SMILES string of the molecule is COC(=O)CS1(Sc2nc(OC)cc(OC)n2)CCCS1. The van der Waals surface area contributed by atoms with Crippen molar-refractivity contribution in [3.63, 3.8) is 0 Å². The van der Waals surface area contributed by atoms with Crippen molar-refractivity contribution in [3.05, 3.63) is 6.07 Å². The van der Waals surface area contributed by atoms with E-state index in [9.17, 15) is 4.79 Å². The molecule has 1 unspecified atom stereocenters. The molecule has 0 N–H and O–H groups in total. The second-order valence-corrected chi connectivity index (χ2v) is 13.2. The molecule has 0 bridgehead atoms. The Balaban J connectivity index is 2.22. The number of hydrogen-bond donors (Lipinski definition) is 0. The molecule has 6 nitrogen and oxygen atoms in total. The van der Waals surface area contributed by atoms with E-state index in [0.29, 0.717) is 22.7 Å². The molecule has 0 spiro atoms. The van der Waals surface area contributed by atoms with Crippen molar-refractivity contribution < 1.29 is 19.0 Å². The first-order valence-electron chi connectivity index (χ1n) is 6.27. The third-order valence-corrected chi connectivity index (χ3v) is 12.2. The summed E-state index contributed by atoms with van der Waals surface area (Å²) in [5, 5.41) is 0.583. The molecule has 1 aliphatic heterocycles. The number of nitrogens with zero attached hydrogens (tertiary/aromatic N) is 2. The van der Waals surface area contributed by atoms with Gasteiger partial charge >= 0.3 is 5.97 Å². The van der Waals surface area contributed by atoms with Crippen LogP contribution in [0.25, 0.3) is 0 Å². The third-order valence-electron chi connectivity index (χ3n) is 2.77. The van der Waals surface area contributed by atoms with Crippen molar-refractivity contribution in [1.29, 1.82) is 0 Å². The molecule has 0 aromatic carbocycles. The lowest BCUT2D eigenvalue weighted by molar-refractivity contribution is -0.137. The first kappa shape index (κ1) is 16.6. The van der Waals surface area contributed by atoms with E-state index in [2.05, 4.69) is 9.97 Å². The number of carbonyl (C=O) groups is 1. The highest BCUT2D eigenvalue weighted by Gasteiger charge is 2.35. The van der Waals surface area contributed by atoms with Crippen molar-refractivity contribution in [3.8, 4) is 11.8 Å². The minimum atomic E-state index is -1.25. The molecule has 2 heterocycles. The number of aromatic nitrogens is 2. The van der Waals surface area contributed by atoms with Crippen LogP contribution in [0.3, 0.4) is 0 Å². The van der Waals surface area contributed by atoms with Gasteiger partial charge in [-0.1, -0.05) is 0 Å². The first-order chi connectivity index (χ1) is 10.1. The Hall–Kier alpha value is -0.800. The van der Waals surface area contributed by atoms with Crippen LogP contribution in [0, 0.1) is 0 Å². The molecular weight excluding hydrogens is 332 g/mol. The highest BCUT2D eigenvalue weighted by Crippen LogP contribution is 2.74. The Kier molecular flexibility index (Phi) is 5.88. The fourth-order valence-electron chi connectivity index (χ4n) is 1.76. The highest BCUT2D eigenvalue weighted by atomic mass is 33.6. The third kappa shape index (κ3) is 4.33. The van der Waals surface area contributed by atoms with Gasteiger partial charge in [0.15, 0.2) is 0 Å². The predicted octanol–water partition coefficient (Wildman–Crippen LogP) is 2.53. The normalized spacial score (nSPS) is 24.1. The maximum atomic E-state index is 11.7. The van der Waals surface area contributed by atoms with Crippen LogP contribution in [0.15, 0.2) is 11.2 Å². The molecule has 1 aromatic heterocycles. The number of carbonyl (C=O) groups excluding carboxylic acids is 1. The molecule has 9 heteroatoms. The summed E-state index contributed by atoms with van der Waals surface area (Å²) in [6.45, 7) is 0. The maximum Gasteiger partial charge on any atom is 0.315 e. The Labute approximate surface area is 132 Å². The molecule has 1 aliphatic rings. The van der Waals surface area contributed by atoms with Crippen LogP contribution < -0.4 is 9.47 Å².